The molecule has 1 N–H and O–H groups in total. The number of methoxy groups -OCH3 is 1. The molecular formula is C21H17N3O3. The summed E-state index contributed by atoms with van der Waals surface area (Å²) < 4.78 is 11.1. The monoisotopic (exact) mass is 359 g/mol. The van der Waals surface area contributed by atoms with Gasteiger partial charge in [-0.1, -0.05) is 24.3 Å². The second kappa shape index (κ2) is 6.92. The van der Waals surface area contributed by atoms with Crippen molar-refractivity contribution >= 4 is 22.8 Å². The first kappa shape index (κ1) is 16.8. The molecule has 0 aliphatic heterocycles. The highest BCUT2D eigenvalue weighted by Gasteiger charge is 2.19. The van der Waals surface area contributed by atoms with Crippen molar-refractivity contribution < 1.29 is 13.9 Å². The summed E-state index contributed by atoms with van der Waals surface area (Å²) in [5.74, 6) is 0.654. The molecule has 6 nitrogen and oxygen atoms in total. The van der Waals surface area contributed by atoms with Crippen LogP contribution >= 0.6 is 0 Å². The number of oxazole rings is 1. The molecule has 0 unspecified atom stereocenters. The fourth-order valence-corrected chi connectivity index (χ4v) is 2.95. The molecule has 1 amide bonds. The third-order valence-corrected chi connectivity index (χ3v) is 4.25. The number of aryl methyl sites for hydroxylation is 1. The van der Waals surface area contributed by atoms with Crippen LogP contribution in [0.25, 0.3) is 22.7 Å². The third kappa shape index (κ3) is 3.13. The summed E-state index contributed by atoms with van der Waals surface area (Å²) in [5.41, 5.74) is 3.83. The number of amides is 1. The van der Waals surface area contributed by atoms with Gasteiger partial charge in [0.1, 0.15) is 5.75 Å². The van der Waals surface area contributed by atoms with Gasteiger partial charge in [0.2, 0.25) is 5.89 Å². The van der Waals surface area contributed by atoms with Gasteiger partial charge in [0.05, 0.1) is 23.9 Å². The van der Waals surface area contributed by atoms with E-state index < -0.39 is 0 Å². The Hall–Kier alpha value is -3.67. The predicted octanol–water partition coefficient (Wildman–Crippen LogP) is 4.46. The molecule has 0 radical (unpaired) electrons. The van der Waals surface area contributed by atoms with Gasteiger partial charge in [-0.05, 0) is 42.8 Å². The van der Waals surface area contributed by atoms with E-state index in [2.05, 4.69) is 15.3 Å². The molecule has 6 heteroatoms. The summed E-state index contributed by atoms with van der Waals surface area (Å²) in [7, 11) is 1.54. The molecule has 0 aliphatic rings. The molecular weight excluding hydrogens is 342 g/mol. The van der Waals surface area contributed by atoms with Gasteiger partial charge >= 0.3 is 0 Å². The number of carbonyl (C=O) groups is 1. The molecule has 134 valence electrons. The first-order valence-corrected chi connectivity index (χ1v) is 8.43. The lowest BCUT2D eigenvalue weighted by Gasteiger charge is -2.13. The maximum absolute atomic E-state index is 12.8. The van der Waals surface area contributed by atoms with Crippen molar-refractivity contribution in [2.45, 2.75) is 6.92 Å². The molecule has 4 rings (SSSR count). The number of nitrogens with one attached hydrogen (secondary N) is 1. The average Bonchev–Trinajstić information content (AvgIpc) is 3.11. The number of para-hydroxylation sites is 1. The van der Waals surface area contributed by atoms with Crippen LogP contribution in [-0.2, 0) is 0 Å². The molecule has 0 aliphatic carbocycles. The van der Waals surface area contributed by atoms with Crippen LogP contribution in [0, 0.1) is 6.92 Å². The van der Waals surface area contributed by atoms with E-state index in [1.807, 2.05) is 37.3 Å². The minimum atomic E-state index is -0.270. The van der Waals surface area contributed by atoms with Crippen molar-refractivity contribution in [3.63, 3.8) is 0 Å². The number of fused-ring (bicyclic) bond motifs is 1. The number of ether oxygens (including phenoxy) is 1. The number of anilines is 1. The van der Waals surface area contributed by atoms with E-state index >= 15 is 0 Å². The van der Waals surface area contributed by atoms with E-state index in [0.717, 1.165) is 11.1 Å². The third-order valence-electron chi connectivity index (χ3n) is 4.25. The number of benzene rings is 2. The summed E-state index contributed by atoms with van der Waals surface area (Å²) in [5, 5.41) is 2.95. The van der Waals surface area contributed by atoms with Gasteiger partial charge in [0.25, 0.3) is 5.91 Å². The Morgan fingerprint density at radius 1 is 1.07 bits per heavy atom. The predicted molar refractivity (Wildman–Crippen MR) is 103 cm³/mol. The smallest absolute Gasteiger partial charge is 0.259 e. The fraction of sp³-hybridized carbons (Fsp3) is 0.0952. The Bertz CT molecular complexity index is 1100. The van der Waals surface area contributed by atoms with Crippen LogP contribution < -0.4 is 10.1 Å². The Kier molecular flexibility index (Phi) is 4.30. The summed E-state index contributed by atoms with van der Waals surface area (Å²) >= 11 is 0. The fourth-order valence-electron chi connectivity index (χ4n) is 2.95. The van der Waals surface area contributed by atoms with Crippen LogP contribution in [0.5, 0.6) is 5.75 Å². The maximum atomic E-state index is 12.8. The number of nitrogens with zero attached hydrogens (tertiary/aromatic N) is 2. The quantitative estimate of drug-likeness (QED) is 0.582. The molecule has 27 heavy (non-hydrogen) atoms. The van der Waals surface area contributed by atoms with Gasteiger partial charge in [0.15, 0.2) is 11.2 Å². The van der Waals surface area contributed by atoms with Crippen LogP contribution in [0.1, 0.15) is 15.9 Å². The largest absolute Gasteiger partial charge is 0.496 e. The molecule has 0 bridgehead atoms. The number of rotatable bonds is 4. The zero-order chi connectivity index (χ0) is 18.8. The molecule has 2 aromatic carbocycles. The lowest BCUT2D eigenvalue weighted by Crippen LogP contribution is -2.14. The molecule has 0 atom stereocenters. The SMILES string of the molecule is COc1ccccc1C(=O)Nc1cccc(C)c1-c1nc2ncccc2o1. The lowest BCUT2D eigenvalue weighted by molar-refractivity contribution is 0.102. The zero-order valence-corrected chi connectivity index (χ0v) is 14.9. The molecule has 2 aromatic heterocycles. The van der Waals surface area contributed by atoms with Gasteiger partial charge < -0.3 is 14.5 Å². The first-order valence-electron chi connectivity index (χ1n) is 8.43. The van der Waals surface area contributed by atoms with Crippen molar-refractivity contribution in [3.05, 3.63) is 71.9 Å². The highest BCUT2D eigenvalue weighted by Crippen LogP contribution is 2.33. The Balaban J connectivity index is 1.76. The van der Waals surface area contributed by atoms with E-state index in [4.69, 9.17) is 9.15 Å². The molecule has 4 aromatic rings. The minimum absolute atomic E-state index is 0.270. The van der Waals surface area contributed by atoms with Gasteiger partial charge in [-0.2, -0.15) is 4.98 Å². The Labute approximate surface area is 155 Å². The van der Waals surface area contributed by atoms with Crippen molar-refractivity contribution in [3.8, 4) is 17.2 Å². The maximum Gasteiger partial charge on any atom is 0.259 e. The van der Waals surface area contributed by atoms with Gasteiger partial charge in [-0.3, -0.25) is 4.79 Å². The van der Waals surface area contributed by atoms with Gasteiger partial charge in [0, 0.05) is 6.20 Å². The highest BCUT2D eigenvalue weighted by molar-refractivity contribution is 6.08. The highest BCUT2D eigenvalue weighted by atomic mass is 16.5. The number of hydrogen-bond donors (Lipinski definition) is 1. The van der Waals surface area contributed by atoms with Crippen LogP contribution in [0.15, 0.2) is 65.2 Å². The number of pyridine rings is 1. The van der Waals surface area contributed by atoms with Crippen LogP contribution in [-0.4, -0.2) is 23.0 Å². The standard InChI is InChI=1S/C21H17N3O3/c1-13-7-5-9-15(23-20(25)14-8-3-4-10-16(14)26-2)18(13)21-24-19-17(27-21)11-6-12-22-19/h3-12H,1-2H3,(H,23,25). The van der Waals surface area contributed by atoms with Crippen LogP contribution in [0.4, 0.5) is 5.69 Å². The van der Waals surface area contributed by atoms with E-state index in [9.17, 15) is 4.79 Å². The summed E-state index contributed by atoms with van der Waals surface area (Å²) in [6, 6.07) is 16.3. The van der Waals surface area contributed by atoms with Crippen LogP contribution in [0.3, 0.4) is 0 Å². The molecule has 0 saturated carbocycles. The lowest BCUT2D eigenvalue weighted by atomic mass is 10.1. The number of hydrogen-bond acceptors (Lipinski definition) is 5. The second-order valence-electron chi connectivity index (χ2n) is 6.00. The molecule has 2 heterocycles. The Morgan fingerprint density at radius 3 is 2.74 bits per heavy atom. The van der Waals surface area contributed by atoms with E-state index in [-0.39, 0.29) is 5.91 Å². The second-order valence-corrected chi connectivity index (χ2v) is 6.00. The summed E-state index contributed by atoms with van der Waals surface area (Å²) in [6.45, 7) is 1.94. The van der Waals surface area contributed by atoms with Crippen LogP contribution in [0.2, 0.25) is 0 Å². The van der Waals surface area contributed by atoms with E-state index in [1.54, 1.807) is 30.5 Å². The zero-order valence-electron chi connectivity index (χ0n) is 14.9. The minimum Gasteiger partial charge on any atom is -0.496 e. The van der Waals surface area contributed by atoms with E-state index in [1.165, 1.54) is 7.11 Å². The number of carbonyl (C=O) groups excluding carboxylic acids is 1. The van der Waals surface area contributed by atoms with Crippen molar-refractivity contribution in [1.82, 2.24) is 9.97 Å². The van der Waals surface area contributed by atoms with Crippen molar-refractivity contribution in [1.29, 1.82) is 0 Å². The molecule has 0 spiro atoms. The summed E-state index contributed by atoms with van der Waals surface area (Å²) in [6.07, 6.45) is 1.66. The Morgan fingerprint density at radius 2 is 1.93 bits per heavy atom. The molecule has 0 saturated heterocycles. The van der Waals surface area contributed by atoms with Gasteiger partial charge in [-0.25, -0.2) is 4.98 Å². The van der Waals surface area contributed by atoms with Crippen molar-refractivity contribution in [2.75, 3.05) is 12.4 Å². The summed E-state index contributed by atoms with van der Waals surface area (Å²) in [4.78, 5) is 21.5. The van der Waals surface area contributed by atoms with E-state index in [0.29, 0.717) is 34.1 Å². The number of aromatic nitrogens is 2. The van der Waals surface area contributed by atoms with Crippen molar-refractivity contribution in [2.24, 2.45) is 0 Å². The average molecular weight is 359 g/mol. The molecule has 0 fully saturated rings. The topological polar surface area (TPSA) is 77.2 Å². The first-order chi connectivity index (χ1) is 13.2. The normalized spacial score (nSPS) is 10.7. The van der Waals surface area contributed by atoms with Gasteiger partial charge in [-0.15, -0.1) is 0 Å².